The Morgan fingerprint density at radius 2 is 1.70 bits per heavy atom. The van der Waals surface area contributed by atoms with Crippen LogP contribution in [0.4, 0.5) is 0 Å². The van der Waals surface area contributed by atoms with Gasteiger partial charge in [-0.15, -0.1) is 0 Å². The smallest absolute Gasteiger partial charge is 0.200 e. The molecule has 0 aliphatic rings. The minimum absolute atomic E-state index is 0.117. The first-order chi connectivity index (χ1) is 9.50. The highest BCUT2D eigenvalue weighted by Crippen LogP contribution is 2.37. The number of hydrogen-bond donors (Lipinski definition) is 4. The lowest BCUT2D eigenvalue weighted by Crippen LogP contribution is -2.18. The van der Waals surface area contributed by atoms with Crippen LogP contribution in [0.2, 0.25) is 0 Å². The van der Waals surface area contributed by atoms with Gasteiger partial charge >= 0.3 is 0 Å². The number of rotatable bonds is 4. The number of nitrogens with one attached hydrogen (secondary N) is 1. The molecule has 0 radical (unpaired) electrons. The van der Waals surface area contributed by atoms with Gasteiger partial charge in [-0.25, -0.2) is 0 Å². The first-order valence-corrected chi connectivity index (χ1v) is 6.52. The molecule has 4 nitrogen and oxygen atoms in total. The second-order valence-corrected chi connectivity index (χ2v) is 4.90. The number of benzene rings is 2. The molecule has 2 rings (SSSR count). The van der Waals surface area contributed by atoms with E-state index in [0.717, 1.165) is 0 Å². The van der Waals surface area contributed by atoms with E-state index in [1.807, 2.05) is 19.1 Å². The van der Waals surface area contributed by atoms with Crippen LogP contribution in [0.5, 0.6) is 17.2 Å². The number of hydrogen-bond acceptors (Lipinski definition) is 4. The molecule has 0 fully saturated rings. The first kappa shape index (κ1) is 14.2. The second kappa shape index (κ2) is 5.84. The fraction of sp³-hybridized carbons (Fsp3) is 0.250. The number of aryl methyl sites for hydroxylation is 1. The Balaban J connectivity index is 2.10. The molecule has 0 heterocycles. The van der Waals surface area contributed by atoms with E-state index in [4.69, 9.17) is 0 Å². The van der Waals surface area contributed by atoms with E-state index < -0.39 is 5.75 Å². The molecule has 0 amide bonds. The van der Waals surface area contributed by atoms with E-state index in [1.165, 1.54) is 17.2 Å². The summed E-state index contributed by atoms with van der Waals surface area (Å²) in [6, 6.07) is 11.2. The van der Waals surface area contributed by atoms with Crippen LogP contribution in [-0.4, -0.2) is 15.3 Å². The van der Waals surface area contributed by atoms with Crippen LogP contribution < -0.4 is 5.32 Å². The Morgan fingerprint density at radius 3 is 2.40 bits per heavy atom. The minimum atomic E-state index is -0.479. The molecule has 0 saturated heterocycles. The predicted molar refractivity (Wildman–Crippen MR) is 77.9 cm³/mol. The van der Waals surface area contributed by atoms with Gasteiger partial charge in [0.25, 0.3) is 0 Å². The van der Waals surface area contributed by atoms with Crippen molar-refractivity contribution in [3.63, 3.8) is 0 Å². The Bertz CT molecular complexity index is 611. The molecule has 0 bridgehead atoms. The highest BCUT2D eigenvalue weighted by Gasteiger charge is 2.12. The van der Waals surface area contributed by atoms with Crippen molar-refractivity contribution in [3.8, 4) is 17.2 Å². The Labute approximate surface area is 118 Å². The highest BCUT2D eigenvalue weighted by atomic mass is 16.3. The molecule has 1 atom stereocenters. The zero-order valence-corrected chi connectivity index (χ0v) is 11.6. The van der Waals surface area contributed by atoms with Crippen molar-refractivity contribution in [1.82, 2.24) is 5.32 Å². The summed E-state index contributed by atoms with van der Waals surface area (Å²) in [4.78, 5) is 0. The van der Waals surface area contributed by atoms with E-state index in [0.29, 0.717) is 12.1 Å². The summed E-state index contributed by atoms with van der Waals surface area (Å²) in [7, 11) is 0. The van der Waals surface area contributed by atoms with Gasteiger partial charge < -0.3 is 20.6 Å². The molecular weight excluding hydrogens is 254 g/mol. The van der Waals surface area contributed by atoms with Crippen LogP contribution in [0.15, 0.2) is 36.4 Å². The molecule has 4 heteroatoms. The van der Waals surface area contributed by atoms with E-state index in [-0.39, 0.29) is 17.5 Å². The van der Waals surface area contributed by atoms with E-state index >= 15 is 0 Å². The summed E-state index contributed by atoms with van der Waals surface area (Å²) < 4.78 is 0. The summed E-state index contributed by atoms with van der Waals surface area (Å²) in [5.74, 6) is -1.08. The quantitative estimate of drug-likeness (QED) is 0.646. The maximum atomic E-state index is 9.77. The molecule has 0 aliphatic heterocycles. The molecule has 0 saturated carbocycles. The Kier molecular flexibility index (Phi) is 4.15. The molecule has 0 aliphatic carbocycles. The van der Waals surface area contributed by atoms with Crippen LogP contribution in [0.1, 0.15) is 29.7 Å². The maximum absolute atomic E-state index is 9.77. The van der Waals surface area contributed by atoms with Crippen LogP contribution in [0, 0.1) is 6.92 Å². The van der Waals surface area contributed by atoms with E-state index in [1.54, 1.807) is 6.07 Å². The predicted octanol–water partition coefficient (Wildman–Crippen LogP) is 2.96. The van der Waals surface area contributed by atoms with Gasteiger partial charge in [0.1, 0.15) is 0 Å². The average Bonchev–Trinajstić information content (AvgIpc) is 2.44. The third-order valence-electron chi connectivity index (χ3n) is 3.47. The lowest BCUT2D eigenvalue weighted by atomic mass is 10.0. The summed E-state index contributed by atoms with van der Waals surface area (Å²) in [6.45, 7) is 4.49. The topological polar surface area (TPSA) is 72.7 Å². The lowest BCUT2D eigenvalue weighted by Gasteiger charge is -2.17. The van der Waals surface area contributed by atoms with Gasteiger partial charge in [0.2, 0.25) is 5.75 Å². The molecule has 0 aromatic heterocycles. The van der Waals surface area contributed by atoms with Crippen LogP contribution in [0.25, 0.3) is 0 Å². The van der Waals surface area contributed by atoms with Gasteiger partial charge in [-0.05, 0) is 31.0 Å². The third kappa shape index (κ3) is 2.86. The van der Waals surface area contributed by atoms with Gasteiger partial charge in [-0.3, -0.25) is 0 Å². The Hall–Kier alpha value is -2.20. The fourth-order valence-corrected chi connectivity index (χ4v) is 2.20. The van der Waals surface area contributed by atoms with Gasteiger partial charge in [0.15, 0.2) is 11.5 Å². The first-order valence-electron chi connectivity index (χ1n) is 6.52. The molecule has 2 aromatic carbocycles. The number of phenols is 3. The van der Waals surface area contributed by atoms with Crippen molar-refractivity contribution in [2.24, 2.45) is 0 Å². The zero-order chi connectivity index (χ0) is 14.7. The maximum Gasteiger partial charge on any atom is 0.200 e. The van der Waals surface area contributed by atoms with Crippen molar-refractivity contribution in [3.05, 3.63) is 53.1 Å². The van der Waals surface area contributed by atoms with E-state index in [9.17, 15) is 15.3 Å². The zero-order valence-electron chi connectivity index (χ0n) is 11.6. The highest BCUT2D eigenvalue weighted by molar-refractivity contribution is 5.53. The van der Waals surface area contributed by atoms with Gasteiger partial charge in [0, 0.05) is 18.2 Å². The Morgan fingerprint density at radius 1 is 1.00 bits per heavy atom. The van der Waals surface area contributed by atoms with Gasteiger partial charge in [-0.2, -0.15) is 0 Å². The van der Waals surface area contributed by atoms with Gasteiger partial charge in [0.05, 0.1) is 0 Å². The van der Waals surface area contributed by atoms with Crippen LogP contribution in [0.3, 0.4) is 0 Å². The molecule has 106 valence electrons. The summed E-state index contributed by atoms with van der Waals surface area (Å²) in [5.41, 5.74) is 2.93. The van der Waals surface area contributed by atoms with Gasteiger partial charge in [-0.1, -0.05) is 30.3 Å². The van der Waals surface area contributed by atoms with Crippen molar-refractivity contribution in [1.29, 1.82) is 0 Å². The number of phenolic OH excluding ortho intramolecular Hbond substituents is 3. The average molecular weight is 273 g/mol. The fourth-order valence-electron chi connectivity index (χ4n) is 2.20. The van der Waals surface area contributed by atoms with Crippen molar-refractivity contribution in [2.45, 2.75) is 26.4 Å². The molecule has 20 heavy (non-hydrogen) atoms. The summed E-state index contributed by atoms with van der Waals surface area (Å²) in [5, 5.41) is 31.8. The van der Waals surface area contributed by atoms with Crippen molar-refractivity contribution < 1.29 is 15.3 Å². The molecular formula is C16H19NO3. The molecule has 0 unspecified atom stereocenters. The molecule has 4 N–H and O–H groups in total. The van der Waals surface area contributed by atoms with E-state index in [2.05, 4.69) is 24.4 Å². The van der Waals surface area contributed by atoms with Crippen molar-refractivity contribution >= 4 is 0 Å². The molecule has 0 spiro atoms. The SMILES string of the molecule is Cc1ccccc1[C@H](C)NCc1ccc(O)c(O)c1O. The lowest BCUT2D eigenvalue weighted by molar-refractivity contribution is 0.363. The van der Waals surface area contributed by atoms with Crippen molar-refractivity contribution in [2.75, 3.05) is 0 Å². The third-order valence-corrected chi connectivity index (χ3v) is 3.47. The second-order valence-electron chi connectivity index (χ2n) is 4.90. The van der Waals surface area contributed by atoms with Crippen LogP contribution >= 0.6 is 0 Å². The standard InChI is InChI=1S/C16H19NO3/c1-10-5-3-4-6-13(10)11(2)17-9-12-7-8-14(18)16(20)15(12)19/h3-8,11,17-20H,9H2,1-2H3/t11-/m0/s1. The number of aromatic hydroxyl groups is 3. The van der Waals surface area contributed by atoms with Crippen LogP contribution in [-0.2, 0) is 6.54 Å². The largest absolute Gasteiger partial charge is 0.504 e. The monoisotopic (exact) mass is 273 g/mol. The minimum Gasteiger partial charge on any atom is -0.504 e. The normalized spacial score (nSPS) is 12.3. The summed E-state index contributed by atoms with van der Waals surface area (Å²) >= 11 is 0. The molecule has 2 aromatic rings. The summed E-state index contributed by atoms with van der Waals surface area (Å²) in [6.07, 6.45) is 0.